The van der Waals surface area contributed by atoms with E-state index in [-0.39, 0.29) is 34.1 Å². The largest absolute Gasteiger partial charge is 0.324 e. The molecule has 54 valence electrons. The van der Waals surface area contributed by atoms with Gasteiger partial charge in [-0.15, -0.1) is 0 Å². The molecule has 0 aliphatic heterocycles. The second kappa shape index (κ2) is 3.19. The topological polar surface area (TPSA) is 52.0 Å². The minimum atomic E-state index is -0.285. The van der Waals surface area contributed by atoms with Crippen LogP contribution in [0.25, 0.3) is 0 Å². The van der Waals surface area contributed by atoms with Crippen LogP contribution in [-0.4, -0.2) is 34.1 Å². The Bertz CT molecular complexity index is 66.0. The Morgan fingerprint density at radius 1 is 0.778 bits per heavy atom. The van der Waals surface area contributed by atoms with Gasteiger partial charge in [0, 0.05) is 11.1 Å². The second-order valence-corrected chi connectivity index (χ2v) is 3.44. The van der Waals surface area contributed by atoms with E-state index in [1.807, 2.05) is 27.7 Å². The zero-order valence-corrected chi connectivity index (χ0v) is 6.15. The highest BCUT2D eigenvalue weighted by atomic mass is 24.3. The van der Waals surface area contributed by atoms with Crippen LogP contribution >= 0.6 is 0 Å². The summed E-state index contributed by atoms with van der Waals surface area (Å²) in [5, 5.41) is 0. The van der Waals surface area contributed by atoms with Gasteiger partial charge in [-0.2, -0.15) is 0 Å². The molecule has 0 aliphatic rings. The molecular formula is C6H18MgN2. The predicted molar refractivity (Wildman–Crippen MR) is 45.1 cm³/mol. The molecular weight excluding hydrogens is 124 g/mol. The Morgan fingerprint density at radius 3 is 0.889 bits per heavy atom. The van der Waals surface area contributed by atoms with E-state index in [4.69, 9.17) is 11.5 Å². The molecule has 0 spiro atoms. The number of hydrogen-bond donors (Lipinski definition) is 2. The van der Waals surface area contributed by atoms with Gasteiger partial charge in [0.1, 0.15) is 0 Å². The first-order valence-electron chi connectivity index (χ1n) is 2.83. The molecule has 2 nitrogen and oxygen atoms in total. The first kappa shape index (κ1) is 12.4. The number of rotatable bonds is 1. The summed E-state index contributed by atoms with van der Waals surface area (Å²) in [6.07, 6.45) is 0. The summed E-state index contributed by atoms with van der Waals surface area (Å²) in [5.41, 5.74) is 10.8. The Kier molecular flexibility index (Phi) is 4.38. The first-order chi connectivity index (χ1) is 3.25. The Labute approximate surface area is 73.5 Å². The fourth-order valence-electron chi connectivity index (χ4n) is 0. The Balaban J connectivity index is 0. The molecule has 0 bridgehead atoms. The van der Waals surface area contributed by atoms with Gasteiger partial charge in [0.25, 0.3) is 0 Å². The minimum absolute atomic E-state index is 0. The van der Waals surface area contributed by atoms with Gasteiger partial charge in [-0.05, 0) is 27.7 Å². The minimum Gasteiger partial charge on any atom is -0.324 e. The van der Waals surface area contributed by atoms with Gasteiger partial charge in [0.05, 0.1) is 0 Å². The van der Waals surface area contributed by atoms with Crippen molar-refractivity contribution < 1.29 is 0 Å². The van der Waals surface area contributed by atoms with Crippen LogP contribution in [0, 0.1) is 0 Å². The molecule has 0 saturated heterocycles. The monoisotopic (exact) mass is 142 g/mol. The molecule has 0 radical (unpaired) electrons. The second-order valence-electron chi connectivity index (χ2n) is 3.44. The van der Waals surface area contributed by atoms with Crippen LogP contribution < -0.4 is 11.5 Å². The average molecular weight is 143 g/mol. The zero-order valence-electron chi connectivity index (χ0n) is 6.15. The number of hydrogen-bond acceptors (Lipinski definition) is 2. The lowest BCUT2D eigenvalue weighted by molar-refractivity contribution is 0.309. The molecule has 4 N–H and O–H groups in total. The highest BCUT2D eigenvalue weighted by molar-refractivity contribution is 5.75. The van der Waals surface area contributed by atoms with Crippen molar-refractivity contribution >= 4 is 23.1 Å². The fourth-order valence-corrected chi connectivity index (χ4v) is 0. The molecule has 0 heterocycles. The molecule has 0 atom stereocenters. The van der Waals surface area contributed by atoms with E-state index in [1.165, 1.54) is 0 Å². The van der Waals surface area contributed by atoms with Crippen molar-refractivity contribution in [3.63, 3.8) is 0 Å². The predicted octanol–water partition coefficient (Wildman–Crippen LogP) is -0.455. The van der Waals surface area contributed by atoms with Gasteiger partial charge in [-0.1, -0.05) is 0 Å². The molecule has 0 amide bonds. The maximum absolute atomic E-state index is 5.69. The lowest BCUT2D eigenvalue weighted by atomic mass is 9.85. The van der Waals surface area contributed by atoms with Crippen LogP contribution in [0.4, 0.5) is 0 Å². The van der Waals surface area contributed by atoms with Crippen molar-refractivity contribution in [2.75, 3.05) is 0 Å². The maximum atomic E-state index is 5.69. The number of nitrogens with two attached hydrogens (primary N) is 2. The van der Waals surface area contributed by atoms with E-state index in [2.05, 4.69) is 0 Å². The van der Waals surface area contributed by atoms with Crippen LogP contribution in [0.1, 0.15) is 27.7 Å². The summed E-state index contributed by atoms with van der Waals surface area (Å²) < 4.78 is 0. The fraction of sp³-hybridized carbons (Fsp3) is 1.00. The smallest absolute Gasteiger partial charge is 0.316 e. The van der Waals surface area contributed by atoms with E-state index in [1.54, 1.807) is 0 Å². The highest BCUT2D eigenvalue weighted by Crippen LogP contribution is 2.13. The third kappa shape index (κ3) is 4.14. The standard InChI is InChI=1S/C6H16N2.Mg.2H/c1-5(2,7)6(3,4)8;;;/h7-8H2,1-4H3;;;. The van der Waals surface area contributed by atoms with Crippen molar-refractivity contribution in [3.8, 4) is 0 Å². The summed E-state index contributed by atoms with van der Waals surface area (Å²) in [6.45, 7) is 7.69. The van der Waals surface area contributed by atoms with Gasteiger partial charge >= 0.3 is 23.1 Å². The third-order valence-corrected chi connectivity index (χ3v) is 1.66. The normalized spacial score (nSPS) is 12.7. The van der Waals surface area contributed by atoms with Gasteiger partial charge in [0.2, 0.25) is 0 Å². The van der Waals surface area contributed by atoms with Crippen molar-refractivity contribution in [2.24, 2.45) is 11.5 Å². The molecule has 0 unspecified atom stereocenters. The molecule has 3 heteroatoms. The van der Waals surface area contributed by atoms with Crippen molar-refractivity contribution in [2.45, 2.75) is 38.8 Å². The molecule has 0 aliphatic carbocycles. The van der Waals surface area contributed by atoms with E-state index in [0.717, 1.165) is 0 Å². The van der Waals surface area contributed by atoms with E-state index < -0.39 is 0 Å². The lowest BCUT2D eigenvalue weighted by Gasteiger charge is -2.34. The molecule has 9 heavy (non-hydrogen) atoms. The average Bonchev–Trinajstić information content (AvgIpc) is 1.25. The summed E-state index contributed by atoms with van der Waals surface area (Å²) >= 11 is 0. The van der Waals surface area contributed by atoms with E-state index >= 15 is 0 Å². The Morgan fingerprint density at radius 2 is 0.889 bits per heavy atom. The van der Waals surface area contributed by atoms with Crippen LogP contribution in [0.3, 0.4) is 0 Å². The quantitative estimate of drug-likeness (QED) is 0.487. The van der Waals surface area contributed by atoms with E-state index in [0.29, 0.717) is 0 Å². The third-order valence-electron chi connectivity index (χ3n) is 1.66. The van der Waals surface area contributed by atoms with Crippen LogP contribution in [-0.2, 0) is 0 Å². The highest BCUT2D eigenvalue weighted by Gasteiger charge is 2.28. The molecule has 0 aromatic carbocycles. The van der Waals surface area contributed by atoms with Crippen LogP contribution in [0.2, 0.25) is 0 Å². The first-order valence-corrected chi connectivity index (χ1v) is 2.83. The van der Waals surface area contributed by atoms with Crippen LogP contribution in [0.5, 0.6) is 0 Å². The van der Waals surface area contributed by atoms with Gasteiger partial charge < -0.3 is 11.5 Å². The van der Waals surface area contributed by atoms with Crippen molar-refractivity contribution in [1.82, 2.24) is 0 Å². The zero-order chi connectivity index (χ0) is 7.00. The maximum Gasteiger partial charge on any atom is 0.316 e. The molecule has 0 aromatic heterocycles. The molecule has 0 fully saturated rings. The van der Waals surface area contributed by atoms with Gasteiger partial charge in [-0.25, -0.2) is 0 Å². The summed E-state index contributed by atoms with van der Waals surface area (Å²) in [5.74, 6) is 0. The van der Waals surface area contributed by atoms with Gasteiger partial charge in [-0.3, -0.25) is 0 Å². The summed E-state index contributed by atoms with van der Waals surface area (Å²) in [4.78, 5) is 0. The van der Waals surface area contributed by atoms with E-state index in [9.17, 15) is 0 Å². The Hall–Kier alpha value is 0.686. The molecule has 0 aromatic rings. The molecule has 0 rings (SSSR count). The molecule has 0 saturated carbocycles. The van der Waals surface area contributed by atoms with Gasteiger partial charge in [0.15, 0.2) is 0 Å². The summed E-state index contributed by atoms with van der Waals surface area (Å²) in [7, 11) is 0. The summed E-state index contributed by atoms with van der Waals surface area (Å²) in [6, 6.07) is 0. The van der Waals surface area contributed by atoms with Crippen molar-refractivity contribution in [3.05, 3.63) is 0 Å². The lowest BCUT2D eigenvalue weighted by Crippen LogP contribution is -2.58. The van der Waals surface area contributed by atoms with Crippen LogP contribution in [0.15, 0.2) is 0 Å². The van der Waals surface area contributed by atoms with Crippen molar-refractivity contribution in [1.29, 1.82) is 0 Å². The SMILES string of the molecule is CC(C)(N)C(C)(C)N.[MgH2].